The van der Waals surface area contributed by atoms with E-state index in [1.54, 1.807) is 0 Å². The molecule has 1 rings (SSSR count). The van der Waals surface area contributed by atoms with Crippen molar-refractivity contribution < 1.29 is 5.11 Å². The molecule has 1 heteroatoms. The largest absolute Gasteiger partial charge is 0.392 e. The minimum atomic E-state index is -0.0949. The van der Waals surface area contributed by atoms with E-state index in [4.69, 9.17) is 0 Å². The molecule has 0 spiro atoms. The molecule has 0 bridgehead atoms. The first-order valence-electron chi connectivity index (χ1n) is 3.61. The van der Waals surface area contributed by atoms with Gasteiger partial charge in [-0.2, -0.15) is 0 Å². The maximum absolute atomic E-state index is 9.30. The van der Waals surface area contributed by atoms with Crippen molar-refractivity contribution in [2.24, 2.45) is 5.92 Å². The van der Waals surface area contributed by atoms with E-state index in [9.17, 15) is 5.11 Å². The topological polar surface area (TPSA) is 20.2 Å². The summed E-state index contributed by atoms with van der Waals surface area (Å²) in [6, 6.07) is 0. The van der Waals surface area contributed by atoms with Crippen molar-refractivity contribution in [1.29, 1.82) is 0 Å². The van der Waals surface area contributed by atoms with Crippen LogP contribution >= 0.6 is 0 Å². The average Bonchev–Trinajstić information content (AvgIpc) is 2.47. The van der Waals surface area contributed by atoms with Crippen molar-refractivity contribution in [3.8, 4) is 0 Å². The lowest BCUT2D eigenvalue weighted by Crippen LogP contribution is -2.07. The van der Waals surface area contributed by atoms with Crippen LogP contribution in [0.3, 0.4) is 0 Å². The molecule has 0 amide bonds. The highest BCUT2D eigenvalue weighted by Crippen LogP contribution is 2.39. The fraction of sp³-hybridized carbons (Fsp3) is 0.750. The third-order valence-electron chi connectivity index (χ3n) is 1.90. The zero-order valence-electron chi connectivity index (χ0n) is 5.93. The van der Waals surface area contributed by atoms with Gasteiger partial charge in [0.05, 0.1) is 6.10 Å². The summed E-state index contributed by atoms with van der Waals surface area (Å²) in [7, 11) is 0. The van der Waals surface area contributed by atoms with Gasteiger partial charge in [-0.15, -0.1) is 0 Å². The maximum Gasteiger partial charge on any atom is 0.0608 e. The van der Waals surface area contributed by atoms with Crippen molar-refractivity contribution in [2.45, 2.75) is 32.3 Å². The standard InChI is InChI=1S/C8H14O/c1-3-4-8(9)7-5-6(7)2/h7-9H,2-5H2,1H3/t7-,8+/m1/s1. The van der Waals surface area contributed by atoms with E-state index >= 15 is 0 Å². The molecule has 0 aliphatic heterocycles. The van der Waals surface area contributed by atoms with Gasteiger partial charge in [0.2, 0.25) is 0 Å². The van der Waals surface area contributed by atoms with Gasteiger partial charge in [-0.3, -0.25) is 0 Å². The zero-order chi connectivity index (χ0) is 6.85. The fourth-order valence-electron chi connectivity index (χ4n) is 1.13. The highest BCUT2D eigenvalue weighted by molar-refractivity contribution is 5.20. The van der Waals surface area contributed by atoms with Crippen molar-refractivity contribution >= 4 is 0 Å². The van der Waals surface area contributed by atoms with Gasteiger partial charge in [-0.1, -0.05) is 25.5 Å². The molecular weight excluding hydrogens is 112 g/mol. The Labute approximate surface area is 56.4 Å². The second-order valence-corrected chi connectivity index (χ2v) is 2.82. The van der Waals surface area contributed by atoms with Crippen LogP contribution in [0.1, 0.15) is 26.2 Å². The van der Waals surface area contributed by atoms with E-state index in [0.717, 1.165) is 19.3 Å². The van der Waals surface area contributed by atoms with E-state index in [1.165, 1.54) is 5.57 Å². The number of aliphatic hydroxyl groups is 1. The second kappa shape index (κ2) is 2.53. The predicted octanol–water partition coefficient (Wildman–Crippen LogP) is 1.72. The van der Waals surface area contributed by atoms with Crippen LogP contribution in [0.25, 0.3) is 0 Å². The summed E-state index contributed by atoms with van der Waals surface area (Å²) in [5, 5.41) is 9.30. The van der Waals surface area contributed by atoms with E-state index in [-0.39, 0.29) is 6.10 Å². The highest BCUT2D eigenvalue weighted by atomic mass is 16.3. The molecule has 52 valence electrons. The Morgan fingerprint density at radius 3 is 2.78 bits per heavy atom. The lowest BCUT2D eigenvalue weighted by molar-refractivity contribution is 0.145. The van der Waals surface area contributed by atoms with Gasteiger partial charge in [0, 0.05) is 5.92 Å². The quantitative estimate of drug-likeness (QED) is 0.571. The van der Waals surface area contributed by atoms with E-state index < -0.39 is 0 Å². The van der Waals surface area contributed by atoms with E-state index in [2.05, 4.69) is 13.5 Å². The van der Waals surface area contributed by atoms with Crippen LogP contribution in [0.4, 0.5) is 0 Å². The molecule has 1 N–H and O–H groups in total. The predicted molar refractivity (Wildman–Crippen MR) is 38.2 cm³/mol. The second-order valence-electron chi connectivity index (χ2n) is 2.82. The summed E-state index contributed by atoms with van der Waals surface area (Å²) in [6.07, 6.45) is 2.97. The monoisotopic (exact) mass is 126 g/mol. The highest BCUT2D eigenvalue weighted by Gasteiger charge is 2.33. The Bertz CT molecular complexity index is 118. The molecule has 1 nitrogen and oxygen atoms in total. The average molecular weight is 126 g/mol. The summed E-state index contributed by atoms with van der Waals surface area (Å²) >= 11 is 0. The first-order chi connectivity index (χ1) is 4.25. The summed E-state index contributed by atoms with van der Waals surface area (Å²) in [5.74, 6) is 0.449. The van der Waals surface area contributed by atoms with Crippen LogP contribution in [0.2, 0.25) is 0 Å². The normalized spacial score (nSPS) is 28.2. The molecule has 0 aromatic carbocycles. The van der Waals surface area contributed by atoms with Crippen LogP contribution in [0.5, 0.6) is 0 Å². The Morgan fingerprint density at radius 1 is 1.89 bits per heavy atom. The number of hydrogen-bond acceptors (Lipinski definition) is 1. The van der Waals surface area contributed by atoms with Gasteiger partial charge in [0.15, 0.2) is 0 Å². The van der Waals surface area contributed by atoms with Gasteiger partial charge >= 0.3 is 0 Å². The van der Waals surface area contributed by atoms with Crippen LogP contribution in [0.15, 0.2) is 12.2 Å². The van der Waals surface area contributed by atoms with Crippen molar-refractivity contribution in [1.82, 2.24) is 0 Å². The first-order valence-corrected chi connectivity index (χ1v) is 3.61. The molecule has 0 aromatic rings. The molecule has 0 unspecified atom stereocenters. The number of hydrogen-bond donors (Lipinski definition) is 1. The van der Waals surface area contributed by atoms with Gasteiger partial charge in [-0.25, -0.2) is 0 Å². The van der Waals surface area contributed by atoms with Crippen LogP contribution in [0, 0.1) is 5.92 Å². The lowest BCUT2D eigenvalue weighted by atomic mass is 10.1. The molecule has 2 atom stereocenters. The maximum atomic E-state index is 9.30. The van der Waals surface area contributed by atoms with Crippen molar-refractivity contribution in [3.05, 3.63) is 12.2 Å². The Morgan fingerprint density at radius 2 is 2.44 bits per heavy atom. The van der Waals surface area contributed by atoms with E-state index in [1.807, 2.05) is 0 Å². The van der Waals surface area contributed by atoms with Crippen LogP contribution in [-0.2, 0) is 0 Å². The van der Waals surface area contributed by atoms with Gasteiger partial charge in [0.25, 0.3) is 0 Å². The molecule has 9 heavy (non-hydrogen) atoms. The van der Waals surface area contributed by atoms with Crippen molar-refractivity contribution in [3.63, 3.8) is 0 Å². The molecular formula is C8H14O. The Balaban J connectivity index is 2.19. The van der Waals surface area contributed by atoms with Crippen LogP contribution in [-0.4, -0.2) is 11.2 Å². The zero-order valence-corrected chi connectivity index (χ0v) is 5.93. The molecule has 1 aliphatic rings. The molecule has 0 heterocycles. The summed E-state index contributed by atoms with van der Waals surface area (Å²) in [5.41, 5.74) is 1.23. The summed E-state index contributed by atoms with van der Waals surface area (Å²) < 4.78 is 0. The lowest BCUT2D eigenvalue weighted by Gasteiger charge is -2.04. The third kappa shape index (κ3) is 1.55. The first kappa shape index (κ1) is 6.81. The molecule has 0 radical (unpaired) electrons. The van der Waals surface area contributed by atoms with Crippen molar-refractivity contribution in [2.75, 3.05) is 0 Å². The smallest absolute Gasteiger partial charge is 0.0608 e. The van der Waals surface area contributed by atoms with Gasteiger partial charge in [0.1, 0.15) is 0 Å². The molecule has 0 aromatic heterocycles. The van der Waals surface area contributed by atoms with E-state index in [0.29, 0.717) is 5.92 Å². The molecule has 1 aliphatic carbocycles. The number of rotatable bonds is 3. The fourth-order valence-corrected chi connectivity index (χ4v) is 1.13. The van der Waals surface area contributed by atoms with Gasteiger partial charge < -0.3 is 5.11 Å². The molecule has 0 saturated heterocycles. The van der Waals surface area contributed by atoms with Gasteiger partial charge in [-0.05, 0) is 12.8 Å². The molecule has 1 saturated carbocycles. The Kier molecular flexibility index (Phi) is 1.91. The van der Waals surface area contributed by atoms with Crippen LogP contribution < -0.4 is 0 Å². The Hall–Kier alpha value is -0.300. The summed E-state index contributed by atoms with van der Waals surface area (Å²) in [6.45, 7) is 5.88. The third-order valence-corrected chi connectivity index (χ3v) is 1.90. The molecule has 1 fully saturated rings. The number of aliphatic hydroxyl groups excluding tert-OH is 1. The SMILES string of the molecule is C=C1C[C@H]1[C@@H](O)CCC. The minimum Gasteiger partial charge on any atom is -0.392 e. The summed E-state index contributed by atoms with van der Waals surface area (Å²) in [4.78, 5) is 0. The minimum absolute atomic E-state index is 0.0949.